The molecule has 2 rings (SSSR count). The van der Waals surface area contributed by atoms with Gasteiger partial charge in [0.15, 0.2) is 0 Å². The van der Waals surface area contributed by atoms with Gasteiger partial charge < -0.3 is 20.6 Å². The number of halogens is 2. The van der Waals surface area contributed by atoms with Crippen LogP contribution in [0, 0.1) is 0 Å². The van der Waals surface area contributed by atoms with Crippen LogP contribution in [0.4, 0.5) is 10.5 Å². The summed E-state index contributed by atoms with van der Waals surface area (Å²) in [6.07, 6.45) is 0.271. The lowest BCUT2D eigenvalue weighted by Crippen LogP contribution is -2.46. The first-order chi connectivity index (χ1) is 10.9. The maximum absolute atomic E-state index is 12.3. The molecule has 0 bridgehead atoms. The molecule has 0 radical (unpaired) electrons. The molecule has 0 spiro atoms. The summed E-state index contributed by atoms with van der Waals surface area (Å²) in [5.74, 6) is -1.26. The predicted octanol–water partition coefficient (Wildman–Crippen LogP) is 1.87. The second kappa shape index (κ2) is 7.52. The van der Waals surface area contributed by atoms with E-state index >= 15 is 0 Å². The Bertz CT molecular complexity index is 638. The number of hydrogen-bond acceptors (Lipinski definition) is 3. The van der Waals surface area contributed by atoms with Crippen LogP contribution < -0.4 is 15.5 Å². The van der Waals surface area contributed by atoms with Crippen molar-refractivity contribution in [3.8, 4) is 0 Å². The fraction of sp³-hybridized carbons (Fsp3) is 0.357. The smallest absolute Gasteiger partial charge is 0.315 e. The minimum atomic E-state index is -1.01. The quantitative estimate of drug-likeness (QED) is 0.747. The Morgan fingerprint density at radius 1 is 1.30 bits per heavy atom. The molecule has 1 aromatic rings. The molecule has 0 aromatic heterocycles. The summed E-state index contributed by atoms with van der Waals surface area (Å²) < 4.78 is 0. The maximum Gasteiger partial charge on any atom is 0.315 e. The third-order valence-electron chi connectivity index (χ3n) is 3.35. The molecule has 0 aliphatic carbocycles. The highest BCUT2D eigenvalue weighted by molar-refractivity contribution is 6.42. The van der Waals surface area contributed by atoms with Crippen LogP contribution in [-0.4, -0.2) is 42.1 Å². The van der Waals surface area contributed by atoms with Crippen LogP contribution in [0.2, 0.25) is 10.0 Å². The molecule has 1 atom stereocenters. The van der Waals surface area contributed by atoms with Crippen LogP contribution in [0.5, 0.6) is 0 Å². The SMILES string of the molecule is O=C(O)CCNC(=O)NC1CCN(c2ccc(Cl)c(Cl)c2)C1=O. The van der Waals surface area contributed by atoms with Gasteiger partial charge >= 0.3 is 12.0 Å². The highest BCUT2D eigenvalue weighted by Crippen LogP contribution is 2.29. The molecule has 1 aliphatic heterocycles. The van der Waals surface area contributed by atoms with Crippen molar-refractivity contribution in [3.05, 3.63) is 28.2 Å². The van der Waals surface area contributed by atoms with Crippen molar-refractivity contribution in [2.75, 3.05) is 18.0 Å². The first-order valence-electron chi connectivity index (χ1n) is 6.91. The third kappa shape index (κ3) is 4.49. The summed E-state index contributed by atoms with van der Waals surface area (Å²) >= 11 is 11.8. The fourth-order valence-electron chi connectivity index (χ4n) is 2.22. The average Bonchev–Trinajstić information content (AvgIpc) is 2.83. The fourth-order valence-corrected chi connectivity index (χ4v) is 2.51. The van der Waals surface area contributed by atoms with Crippen LogP contribution >= 0.6 is 23.2 Å². The van der Waals surface area contributed by atoms with Gasteiger partial charge in [0.1, 0.15) is 6.04 Å². The van der Waals surface area contributed by atoms with Gasteiger partial charge in [-0.3, -0.25) is 9.59 Å². The van der Waals surface area contributed by atoms with Crippen LogP contribution in [0.3, 0.4) is 0 Å². The van der Waals surface area contributed by atoms with Crippen molar-refractivity contribution >= 4 is 46.8 Å². The van der Waals surface area contributed by atoms with E-state index in [2.05, 4.69) is 10.6 Å². The lowest BCUT2D eigenvalue weighted by atomic mass is 10.2. The van der Waals surface area contributed by atoms with E-state index in [1.807, 2.05) is 0 Å². The topological polar surface area (TPSA) is 98.7 Å². The van der Waals surface area contributed by atoms with E-state index in [0.717, 1.165) is 0 Å². The summed E-state index contributed by atoms with van der Waals surface area (Å²) in [5, 5.41) is 14.2. The van der Waals surface area contributed by atoms with Crippen molar-refractivity contribution < 1.29 is 19.5 Å². The number of carbonyl (C=O) groups is 3. The number of nitrogens with one attached hydrogen (secondary N) is 2. The Morgan fingerprint density at radius 3 is 2.70 bits per heavy atom. The Hall–Kier alpha value is -1.99. The molecule has 1 fully saturated rings. The van der Waals surface area contributed by atoms with Crippen molar-refractivity contribution in [2.45, 2.75) is 18.9 Å². The van der Waals surface area contributed by atoms with Crippen molar-refractivity contribution in [1.29, 1.82) is 0 Å². The monoisotopic (exact) mass is 359 g/mol. The molecule has 1 aliphatic rings. The number of benzene rings is 1. The lowest BCUT2D eigenvalue weighted by molar-refractivity contribution is -0.136. The zero-order chi connectivity index (χ0) is 17.0. The van der Waals surface area contributed by atoms with Crippen LogP contribution in [0.15, 0.2) is 18.2 Å². The van der Waals surface area contributed by atoms with Crippen molar-refractivity contribution in [1.82, 2.24) is 10.6 Å². The van der Waals surface area contributed by atoms with E-state index in [9.17, 15) is 14.4 Å². The van der Waals surface area contributed by atoms with Crippen molar-refractivity contribution in [2.24, 2.45) is 0 Å². The number of carbonyl (C=O) groups excluding carboxylic acids is 2. The van der Waals surface area contributed by atoms with Gasteiger partial charge in [-0.25, -0.2) is 4.79 Å². The third-order valence-corrected chi connectivity index (χ3v) is 4.09. The minimum Gasteiger partial charge on any atom is -0.481 e. The summed E-state index contributed by atoms with van der Waals surface area (Å²) in [7, 11) is 0. The van der Waals surface area contributed by atoms with E-state index in [1.54, 1.807) is 18.2 Å². The Labute approximate surface area is 142 Å². The largest absolute Gasteiger partial charge is 0.481 e. The lowest BCUT2D eigenvalue weighted by Gasteiger charge is -2.18. The van der Waals surface area contributed by atoms with E-state index in [1.165, 1.54) is 4.90 Å². The standard InChI is InChI=1S/C14H15Cl2N3O4/c15-9-2-1-8(7-10(9)16)19-6-4-11(13(19)22)18-14(23)17-5-3-12(20)21/h1-2,7,11H,3-6H2,(H,20,21)(H2,17,18,23). The molecule has 124 valence electrons. The van der Waals surface area contributed by atoms with Crippen molar-refractivity contribution in [3.63, 3.8) is 0 Å². The van der Waals surface area contributed by atoms with Gasteiger partial charge in [-0.1, -0.05) is 23.2 Å². The van der Waals surface area contributed by atoms with Gasteiger partial charge in [0.2, 0.25) is 5.91 Å². The number of aliphatic carboxylic acids is 1. The van der Waals surface area contributed by atoms with Crippen LogP contribution in [-0.2, 0) is 9.59 Å². The number of nitrogens with zero attached hydrogens (tertiary/aromatic N) is 1. The number of urea groups is 1. The zero-order valence-corrected chi connectivity index (χ0v) is 13.5. The molecule has 3 amide bonds. The average molecular weight is 360 g/mol. The van der Waals surface area contributed by atoms with Crippen LogP contribution in [0.25, 0.3) is 0 Å². The number of hydrogen-bond donors (Lipinski definition) is 3. The van der Waals surface area contributed by atoms with E-state index in [-0.39, 0.29) is 18.9 Å². The molecule has 23 heavy (non-hydrogen) atoms. The number of carboxylic acids is 1. The number of anilines is 1. The highest BCUT2D eigenvalue weighted by Gasteiger charge is 2.33. The molecule has 1 heterocycles. The first kappa shape index (κ1) is 17.4. The molecule has 9 heteroatoms. The second-order valence-corrected chi connectivity index (χ2v) is 5.79. The minimum absolute atomic E-state index is 0.00141. The Morgan fingerprint density at radius 2 is 2.04 bits per heavy atom. The molecule has 1 aromatic carbocycles. The molecule has 3 N–H and O–H groups in total. The molecule has 0 saturated carbocycles. The van der Waals surface area contributed by atoms with E-state index < -0.39 is 18.0 Å². The number of amides is 3. The van der Waals surface area contributed by atoms with E-state index in [0.29, 0.717) is 28.7 Å². The summed E-state index contributed by atoms with van der Waals surface area (Å²) in [4.78, 5) is 35.9. The maximum atomic E-state index is 12.3. The molecule has 1 saturated heterocycles. The second-order valence-electron chi connectivity index (χ2n) is 4.97. The van der Waals surface area contributed by atoms with Gasteiger partial charge in [-0.05, 0) is 24.6 Å². The van der Waals surface area contributed by atoms with Gasteiger partial charge in [-0.2, -0.15) is 0 Å². The summed E-state index contributed by atoms with van der Waals surface area (Å²) in [5.41, 5.74) is 0.611. The number of rotatable bonds is 5. The van der Waals surface area contributed by atoms with Gasteiger partial charge in [-0.15, -0.1) is 0 Å². The molecular formula is C14H15Cl2N3O4. The highest BCUT2D eigenvalue weighted by atomic mass is 35.5. The normalized spacial score (nSPS) is 17.2. The zero-order valence-electron chi connectivity index (χ0n) is 12.0. The van der Waals surface area contributed by atoms with E-state index in [4.69, 9.17) is 28.3 Å². The summed E-state index contributed by atoms with van der Waals surface area (Å²) in [6.45, 7) is 0.440. The van der Waals surface area contributed by atoms with Gasteiger partial charge in [0, 0.05) is 18.8 Å². The molecular weight excluding hydrogens is 345 g/mol. The molecule has 7 nitrogen and oxygen atoms in total. The summed E-state index contributed by atoms with van der Waals surface area (Å²) in [6, 6.07) is 3.65. The Kier molecular flexibility index (Phi) is 5.68. The predicted molar refractivity (Wildman–Crippen MR) is 86.0 cm³/mol. The Balaban J connectivity index is 1.92. The van der Waals surface area contributed by atoms with Crippen LogP contribution in [0.1, 0.15) is 12.8 Å². The van der Waals surface area contributed by atoms with Gasteiger partial charge in [0.25, 0.3) is 0 Å². The number of carboxylic acid groups (broad SMARTS) is 1. The molecule has 1 unspecified atom stereocenters. The first-order valence-corrected chi connectivity index (χ1v) is 7.66. The van der Waals surface area contributed by atoms with Gasteiger partial charge in [0.05, 0.1) is 16.5 Å².